The highest BCUT2D eigenvalue weighted by molar-refractivity contribution is 14.0. The molecule has 0 aromatic carbocycles. The molecular weight excluding hydrogens is 493 g/mol. The maximum Gasteiger partial charge on any atom is 0.0236 e. The molecule has 2 aliphatic rings. The molecule has 12 heavy (non-hydrogen) atoms. The second kappa shape index (κ2) is 6.57. The summed E-state index contributed by atoms with van der Waals surface area (Å²) in [7, 11) is 4.47. The molecule has 0 saturated carbocycles. The first-order valence-corrected chi connectivity index (χ1v) is 3.68. The zero-order valence-corrected chi connectivity index (χ0v) is 14.4. The van der Waals surface area contributed by atoms with Crippen molar-refractivity contribution in [2.24, 2.45) is 0 Å². The number of hydrogen-bond acceptors (Lipinski definition) is 2. The maximum absolute atomic E-state index is 2.48. The molecule has 2 nitrogen and oxygen atoms in total. The number of rotatable bonds is 0. The van der Waals surface area contributed by atoms with Crippen LogP contribution in [0, 0.1) is 0 Å². The Morgan fingerprint density at radius 2 is 1.17 bits per heavy atom. The Morgan fingerprint density at radius 1 is 0.833 bits per heavy atom. The first kappa shape index (κ1) is 16.5. The van der Waals surface area contributed by atoms with E-state index in [0.29, 0.717) is 0 Å². The van der Waals surface area contributed by atoms with Crippen molar-refractivity contribution in [1.82, 2.24) is 9.80 Å². The van der Waals surface area contributed by atoms with Crippen molar-refractivity contribution in [1.29, 1.82) is 0 Å². The summed E-state index contributed by atoms with van der Waals surface area (Å²) in [6.07, 6.45) is 1.41. The minimum atomic E-state index is 0. The Labute approximate surface area is 126 Å². The van der Waals surface area contributed by atoms with Crippen molar-refractivity contribution >= 4 is 71.9 Å². The van der Waals surface area contributed by atoms with Gasteiger partial charge in [0.25, 0.3) is 0 Å². The molecule has 0 aliphatic carbocycles. The number of nitrogens with zero attached hydrogens (tertiary/aromatic N) is 2. The number of fused-ring (bicyclic) bond motifs is 2. The van der Waals surface area contributed by atoms with Gasteiger partial charge in [-0.15, -0.1) is 71.9 Å². The van der Waals surface area contributed by atoms with Crippen molar-refractivity contribution in [3.63, 3.8) is 0 Å². The van der Waals surface area contributed by atoms with E-state index in [1.165, 1.54) is 19.5 Å². The molecule has 2 atom stereocenters. The van der Waals surface area contributed by atoms with Crippen molar-refractivity contribution in [3.05, 3.63) is 0 Å². The van der Waals surface area contributed by atoms with Gasteiger partial charge in [-0.1, -0.05) is 0 Å². The molecule has 76 valence electrons. The van der Waals surface area contributed by atoms with Crippen molar-refractivity contribution < 1.29 is 0 Å². The third-order valence-corrected chi connectivity index (χ3v) is 2.79. The van der Waals surface area contributed by atoms with E-state index in [1.54, 1.807) is 0 Å². The molecule has 0 aromatic heterocycles. The van der Waals surface area contributed by atoms with E-state index < -0.39 is 0 Å². The average molecular weight is 510 g/mol. The summed E-state index contributed by atoms with van der Waals surface area (Å²) in [4.78, 5) is 4.95. The molecule has 2 bridgehead atoms. The second-order valence-electron chi connectivity index (χ2n) is 3.42. The fraction of sp³-hybridized carbons (Fsp3) is 1.00. The number of likely N-dealkylation sites (N-methyl/N-ethyl adjacent to an activating group) is 2. The Kier molecular flexibility index (Phi) is 9.05. The van der Waals surface area contributed by atoms with Gasteiger partial charge in [0.2, 0.25) is 0 Å². The van der Waals surface area contributed by atoms with E-state index in [9.17, 15) is 0 Å². The van der Waals surface area contributed by atoms with Crippen molar-refractivity contribution in [2.75, 3.05) is 27.2 Å². The summed E-state index contributed by atoms with van der Waals surface area (Å²) in [5, 5.41) is 0. The minimum absolute atomic E-state index is 0. The topological polar surface area (TPSA) is 6.48 Å². The van der Waals surface area contributed by atoms with Gasteiger partial charge in [-0.25, -0.2) is 0 Å². The van der Waals surface area contributed by atoms with Crippen molar-refractivity contribution in [3.8, 4) is 0 Å². The van der Waals surface area contributed by atoms with Crippen LogP contribution < -0.4 is 0 Å². The van der Waals surface area contributed by atoms with Gasteiger partial charge in [0.1, 0.15) is 0 Å². The van der Waals surface area contributed by atoms with Gasteiger partial charge >= 0.3 is 0 Å². The van der Waals surface area contributed by atoms with Gasteiger partial charge in [-0.2, -0.15) is 0 Å². The van der Waals surface area contributed by atoms with Crippen LogP contribution in [0.1, 0.15) is 6.42 Å². The molecule has 2 fully saturated rings. The number of hydrogen-bond donors (Lipinski definition) is 0. The molecule has 0 unspecified atom stereocenters. The Balaban J connectivity index is 0. The lowest BCUT2D eigenvalue weighted by Crippen LogP contribution is -2.42. The predicted octanol–water partition coefficient (Wildman–Crippen LogP) is 1.86. The second-order valence-corrected chi connectivity index (χ2v) is 3.42. The lowest BCUT2D eigenvalue weighted by molar-refractivity contribution is 0.176. The zero-order valence-electron chi connectivity index (χ0n) is 7.40. The van der Waals surface area contributed by atoms with Gasteiger partial charge in [0.05, 0.1) is 0 Å². The summed E-state index contributed by atoms with van der Waals surface area (Å²) in [6.45, 7) is 2.59. The molecule has 0 aromatic rings. The van der Waals surface area contributed by atoms with Crippen LogP contribution in [0.4, 0.5) is 0 Å². The van der Waals surface area contributed by atoms with E-state index >= 15 is 0 Å². The molecule has 0 amide bonds. The van der Waals surface area contributed by atoms with Gasteiger partial charge in [-0.3, -0.25) is 0 Å². The van der Waals surface area contributed by atoms with Crippen LogP contribution in [0.5, 0.6) is 0 Å². The van der Waals surface area contributed by atoms with Crippen LogP contribution in [0.15, 0.2) is 0 Å². The molecule has 2 rings (SSSR count). The fourth-order valence-electron chi connectivity index (χ4n) is 2.06. The molecule has 0 radical (unpaired) electrons. The van der Waals surface area contributed by atoms with Gasteiger partial charge in [-0.05, 0) is 20.5 Å². The van der Waals surface area contributed by atoms with E-state index in [1.807, 2.05) is 0 Å². The number of halogens is 3. The highest BCUT2D eigenvalue weighted by atomic mass is 127. The van der Waals surface area contributed by atoms with Crippen molar-refractivity contribution in [2.45, 2.75) is 18.5 Å². The first-order valence-electron chi connectivity index (χ1n) is 3.68. The van der Waals surface area contributed by atoms with Gasteiger partial charge < -0.3 is 9.80 Å². The SMILES string of the molecule is CN1C[C@H]2C[C@@H]1CN2C.I.I.I. The predicted molar refractivity (Wildman–Crippen MR) is 83.7 cm³/mol. The standard InChI is InChI=1S/C7H14N2.3HI/c1-8-4-7-3-6(8)5-9(7)2;;;/h6-7H,3-5H2,1-2H3;3*1H/t6-,7-;;;/m1.../s1. The monoisotopic (exact) mass is 510 g/mol. The number of piperazine rings is 1. The van der Waals surface area contributed by atoms with Gasteiger partial charge in [0, 0.05) is 25.2 Å². The molecule has 0 spiro atoms. The van der Waals surface area contributed by atoms with Crippen LogP contribution in [-0.4, -0.2) is 49.1 Å². The molecule has 2 aliphatic heterocycles. The highest BCUT2D eigenvalue weighted by Gasteiger charge is 2.38. The van der Waals surface area contributed by atoms with Crippen LogP contribution in [0.2, 0.25) is 0 Å². The van der Waals surface area contributed by atoms with Crippen LogP contribution in [0.3, 0.4) is 0 Å². The highest BCUT2D eigenvalue weighted by Crippen LogP contribution is 2.27. The lowest BCUT2D eigenvalue weighted by atomic mass is 10.2. The summed E-state index contributed by atoms with van der Waals surface area (Å²) >= 11 is 0. The summed E-state index contributed by atoms with van der Waals surface area (Å²) in [5.41, 5.74) is 0. The molecule has 0 N–H and O–H groups in total. The lowest BCUT2D eigenvalue weighted by Gasteiger charge is -2.28. The summed E-state index contributed by atoms with van der Waals surface area (Å²) < 4.78 is 0. The quantitative estimate of drug-likeness (QED) is 0.460. The smallest absolute Gasteiger partial charge is 0.0236 e. The third kappa shape index (κ3) is 3.06. The molecular formula is C7H17I3N2. The third-order valence-electron chi connectivity index (χ3n) is 2.79. The number of likely N-dealkylation sites (tertiary alicyclic amines) is 2. The van der Waals surface area contributed by atoms with E-state index in [2.05, 4.69) is 23.9 Å². The normalized spacial score (nSPS) is 33.5. The minimum Gasteiger partial charge on any atom is -0.301 e. The average Bonchev–Trinajstić information content (AvgIpc) is 2.24. The Morgan fingerprint density at radius 3 is 1.33 bits per heavy atom. The Bertz CT molecular complexity index is 116. The largest absolute Gasteiger partial charge is 0.301 e. The molecule has 5 heteroatoms. The van der Waals surface area contributed by atoms with Crippen LogP contribution in [0.25, 0.3) is 0 Å². The summed E-state index contributed by atoms with van der Waals surface area (Å²) in [6, 6.07) is 1.75. The Hall–Kier alpha value is 2.11. The van der Waals surface area contributed by atoms with E-state index in [0.717, 1.165) is 12.1 Å². The van der Waals surface area contributed by atoms with Gasteiger partial charge in [0.15, 0.2) is 0 Å². The van der Waals surface area contributed by atoms with E-state index in [4.69, 9.17) is 0 Å². The molecule has 2 saturated heterocycles. The van der Waals surface area contributed by atoms with Crippen LogP contribution >= 0.6 is 71.9 Å². The van der Waals surface area contributed by atoms with Crippen LogP contribution in [-0.2, 0) is 0 Å². The summed E-state index contributed by atoms with van der Waals surface area (Å²) in [5.74, 6) is 0. The maximum atomic E-state index is 2.48. The zero-order chi connectivity index (χ0) is 6.43. The van der Waals surface area contributed by atoms with E-state index in [-0.39, 0.29) is 71.9 Å². The molecule has 2 heterocycles. The first-order chi connectivity index (χ1) is 4.27. The fourth-order valence-corrected chi connectivity index (χ4v) is 2.06.